The molecule has 2 aliphatic carbocycles. The van der Waals surface area contributed by atoms with E-state index in [9.17, 15) is 15.3 Å². The molecule has 2 aliphatic rings. The molecule has 2 rings (SSSR count). The van der Waals surface area contributed by atoms with E-state index in [0.717, 1.165) is 18.8 Å². The van der Waals surface area contributed by atoms with Crippen LogP contribution in [-0.4, -0.2) is 40.1 Å². The molecule has 0 aromatic carbocycles. The first-order valence-corrected chi connectivity index (χ1v) is 12.3. The Bertz CT molecular complexity index is 560. The van der Waals surface area contributed by atoms with Crippen molar-refractivity contribution in [1.29, 1.82) is 0 Å². The molecule has 2 fully saturated rings. The third-order valence-electron chi connectivity index (χ3n) is 6.75. The van der Waals surface area contributed by atoms with Gasteiger partial charge in [0.1, 0.15) is 5.76 Å². The highest BCUT2D eigenvalue weighted by molar-refractivity contribution is 5.09. The monoisotopic (exact) mass is 436 g/mol. The number of hydrogen-bond donors (Lipinski definition) is 3. The number of aliphatic hydroxyl groups is 3. The predicted octanol–water partition coefficient (Wildman–Crippen LogP) is 5.22. The zero-order valence-electron chi connectivity index (χ0n) is 19.5. The van der Waals surface area contributed by atoms with E-state index in [-0.39, 0.29) is 18.1 Å². The fourth-order valence-corrected chi connectivity index (χ4v) is 4.49. The molecule has 4 unspecified atom stereocenters. The Morgan fingerprint density at radius 3 is 2.32 bits per heavy atom. The van der Waals surface area contributed by atoms with Gasteiger partial charge in [-0.25, -0.2) is 0 Å². The lowest BCUT2D eigenvalue weighted by Crippen LogP contribution is -2.29. The van der Waals surface area contributed by atoms with Gasteiger partial charge in [-0.15, -0.1) is 0 Å². The summed E-state index contributed by atoms with van der Waals surface area (Å²) >= 11 is 0. The van der Waals surface area contributed by atoms with E-state index in [2.05, 4.69) is 25.7 Å². The molecule has 0 aromatic heterocycles. The van der Waals surface area contributed by atoms with Gasteiger partial charge in [-0.2, -0.15) is 0 Å². The van der Waals surface area contributed by atoms with E-state index in [1.165, 1.54) is 32.1 Å². The number of allylic oxidation sites excluding steroid dienone is 2. The van der Waals surface area contributed by atoms with Crippen molar-refractivity contribution in [3.63, 3.8) is 0 Å². The van der Waals surface area contributed by atoms with E-state index in [0.29, 0.717) is 37.4 Å². The second-order valence-electron chi connectivity index (χ2n) is 9.25. The third-order valence-corrected chi connectivity index (χ3v) is 6.75. The lowest BCUT2D eigenvalue weighted by atomic mass is 9.74. The zero-order chi connectivity index (χ0) is 22.6. The smallest absolute Gasteiger partial charge is 0.200 e. The van der Waals surface area contributed by atoms with Crippen molar-refractivity contribution in [2.24, 2.45) is 17.8 Å². The molecular weight excluding hydrogens is 392 g/mol. The first-order chi connectivity index (χ1) is 14.9. The van der Waals surface area contributed by atoms with Crippen LogP contribution in [0, 0.1) is 17.8 Å². The summed E-state index contributed by atoms with van der Waals surface area (Å²) in [6, 6.07) is 0. The van der Waals surface area contributed by atoms with Gasteiger partial charge in [0, 0.05) is 12.3 Å². The largest absolute Gasteiger partial charge is 0.465 e. The Kier molecular flexibility index (Phi) is 11.9. The topological polar surface area (TPSA) is 79.2 Å². The van der Waals surface area contributed by atoms with Gasteiger partial charge in [-0.05, 0) is 69.3 Å². The van der Waals surface area contributed by atoms with Crippen LogP contribution in [0.3, 0.4) is 0 Å². The second kappa shape index (κ2) is 14.1. The number of hydrogen-bond acceptors (Lipinski definition) is 5. The molecular formula is C26H44O5. The molecule has 4 atom stereocenters. The Hall–Kier alpha value is -1.14. The molecule has 0 radical (unpaired) electrons. The van der Waals surface area contributed by atoms with Gasteiger partial charge in [0.2, 0.25) is 0 Å². The lowest BCUT2D eigenvalue weighted by molar-refractivity contribution is -0.121. The van der Waals surface area contributed by atoms with Crippen LogP contribution in [0.25, 0.3) is 0 Å². The van der Waals surface area contributed by atoms with Crippen molar-refractivity contribution in [3.05, 3.63) is 36.6 Å². The van der Waals surface area contributed by atoms with E-state index in [4.69, 9.17) is 9.47 Å². The molecule has 3 N–H and O–H groups in total. The van der Waals surface area contributed by atoms with Crippen LogP contribution in [0.15, 0.2) is 36.6 Å². The van der Waals surface area contributed by atoms with Crippen molar-refractivity contribution < 1.29 is 24.8 Å². The van der Waals surface area contributed by atoms with E-state index in [1.807, 2.05) is 13.0 Å². The minimum Gasteiger partial charge on any atom is -0.465 e. The number of aliphatic hydroxyl groups excluding tert-OH is 3. The minimum absolute atomic E-state index is 0.0249. The van der Waals surface area contributed by atoms with Gasteiger partial charge in [-0.1, -0.05) is 51.5 Å². The molecule has 0 aliphatic heterocycles. The summed E-state index contributed by atoms with van der Waals surface area (Å²) < 4.78 is 11.3. The molecule has 0 bridgehead atoms. The van der Waals surface area contributed by atoms with Crippen LogP contribution in [0.4, 0.5) is 0 Å². The highest BCUT2D eigenvalue weighted by Gasteiger charge is 2.27. The molecule has 5 heteroatoms. The molecule has 31 heavy (non-hydrogen) atoms. The van der Waals surface area contributed by atoms with Crippen LogP contribution in [0.5, 0.6) is 0 Å². The normalized spacial score (nSPS) is 26.5. The van der Waals surface area contributed by atoms with Crippen molar-refractivity contribution in [3.8, 4) is 0 Å². The summed E-state index contributed by atoms with van der Waals surface area (Å²) in [4.78, 5) is 0. The molecule has 178 valence electrons. The maximum atomic E-state index is 10.3. The van der Waals surface area contributed by atoms with E-state index >= 15 is 0 Å². The Morgan fingerprint density at radius 1 is 1.03 bits per heavy atom. The summed E-state index contributed by atoms with van der Waals surface area (Å²) in [5.41, 5.74) is 0. The first-order valence-electron chi connectivity index (χ1n) is 12.3. The predicted molar refractivity (Wildman–Crippen MR) is 124 cm³/mol. The van der Waals surface area contributed by atoms with Crippen molar-refractivity contribution in [2.45, 2.75) is 109 Å². The maximum Gasteiger partial charge on any atom is 0.200 e. The van der Waals surface area contributed by atoms with Gasteiger partial charge in [0.25, 0.3) is 0 Å². The van der Waals surface area contributed by atoms with E-state index in [1.54, 1.807) is 6.08 Å². The van der Waals surface area contributed by atoms with Crippen molar-refractivity contribution >= 4 is 0 Å². The molecule has 5 nitrogen and oxygen atoms in total. The maximum absolute atomic E-state index is 10.3. The summed E-state index contributed by atoms with van der Waals surface area (Å²) in [5.74, 6) is 1.85. The molecule has 0 spiro atoms. The van der Waals surface area contributed by atoms with Crippen LogP contribution >= 0.6 is 0 Å². The molecule has 0 heterocycles. The van der Waals surface area contributed by atoms with Gasteiger partial charge in [0.05, 0.1) is 12.2 Å². The van der Waals surface area contributed by atoms with Crippen LogP contribution < -0.4 is 0 Å². The van der Waals surface area contributed by atoms with Gasteiger partial charge < -0.3 is 24.8 Å². The Morgan fingerprint density at radius 2 is 1.74 bits per heavy atom. The molecule has 0 aromatic rings. The Balaban J connectivity index is 1.72. The van der Waals surface area contributed by atoms with Gasteiger partial charge in [-0.3, -0.25) is 0 Å². The summed E-state index contributed by atoms with van der Waals surface area (Å²) in [7, 11) is 0. The minimum atomic E-state index is -0.909. The second-order valence-corrected chi connectivity index (χ2v) is 9.25. The third kappa shape index (κ3) is 9.48. The summed E-state index contributed by atoms with van der Waals surface area (Å²) in [6.07, 6.45) is 16.1. The average Bonchev–Trinajstić information content (AvgIpc) is 2.70. The van der Waals surface area contributed by atoms with Crippen LogP contribution in [0.1, 0.15) is 84.5 Å². The van der Waals surface area contributed by atoms with Crippen LogP contribution in [0.2, 0.25) is 0 Å². The molecule has 2 saturated carbocycles. The summed E-state index contributed by atoms with van der Waals surface area (Å²) in [5, 5.41) is 30.1. The fourth-order valence-electron chi connectivity index (χ4n) is 4.49. The van der Waals surface area contributed by atoms with Crippen molar-refractivity contribution in [1.82, 2.24) is 0 Å². The average molecular weight is 437 g/mol. The quantitative estimate of drug-likeness (QED) is 0.151. The fraction of sp³-hybridized carbons (Fsp3) is 0.769. The Labute approximate surface area is 188 Å². The van der Waals surface area contributed by atoms with Gasteiger partial charge in [0.15, 0.2) is 12.6 Å². The van der Waals surface area contributed by atoms with E-state index < -0.39 is 12.6 Å². The highest BCUT2D eigenvalue weighted by Crippen LogP contribution is 2.36. The van der Waals surface area contributed by atoms with Crippen LogP contribution in [-0.2, 0) is 9.47 Å². The molecule has 0 saturated heterocycles. The first kappa shape index (κ1) is 26.1. The van der Waals surface area contributed by atoms with Gasteiger partial charge >= 0.3 is 0 Å². The van der Waals surface area contributed by atoms with Crippen molar-refractivity contribution in [2.75, 3.05) is 0 Å². The number of ether oxygens (including phenoxy) is 2. The standard InChI is InChI=1S/C26H44O5/c1-4-8-20(21-9-6-10-21)11-7-12-25(28)31-24(5-2)18-13-19(3)30-26(29)22-14-16-23(27)17-15-22/h7,11,13,18,20-29H,3-6,8-10,12,14-17H2,1-2H3/b11-7-,18-13-. The highest BCUT2D eigenvalue weighted by atomic mass is 16.6. The number of rotatable bonds is 14. The lowest BCUT2D eigenvalue weighted by Gasteiger charge is -2.32. The molecule has 0 amide bonds. The zero-order valence-corrected chi connectivity index (χ0v) is 19.5. The summed E-state index contributed by atoms with van der Waals surface area (Å²) in [6.45, 7) is 8.08. The SMILES string of the molecule is C=C(/C=C\C(CC)OC(O)C/C=C\C(CCC)C1CCC1)OC(O)C1CCC(O)CC1.